The zero-order valence-corrected chi connectivity index (χ0v) is 16.6. The van der Waals surface area contributed by atoms with Gasteiger partial charge in [0.05, 0.1) is 21.5 Å². The minimum atomic E-state index is -3.85. The lowest BCUT2D eigenvalue weighted by atomic mass is 10.2. The summed E-state index contributed by atoms with van der Waals surface area (Å²) in [4.78, 5) is 22.2. The number of nitro groups is 1. The summed E-state index contributed by atoms with van der Waals surface area (Å²) in [5.74, 6) is 0. The fraction of sp³-hybridized carbons (Fsp3) is 0. The lowest BCUT2D eigenvalue weighted by Gasteiger charge is -2.10. The van der Waals surface area contributed by atoms with Crippen LogP contribution < -0.4 is 15.4 Å². The number of carbonyl (C=O) groups excluding carboxylic acids is 1. The molecule has 0 fully saturated rings. The zero-order chi connectivity index (χ0) is 22.4. The largest absolute Gasteiger partial charge is 0.323 e. The number of carbonyl (C=O) groups is 1. The number of nitrogens with zero attached hydrogens (tertiary/aromatic N) is 2. The molecule has 11 heteroatoms. The molecule has 0 unspecified atom stereocenters. The maximum atomic E-state index is 12.5. The molecule has 2 amide bonds. The highest BCUT2D eigenvalue weighted by Crippen LogP contribution is 2.19. The van der Waals surface area contributed by atoms with Gasteiger partial charge in [-0.05, 0) is 60.7 Å². The van der Waals surface area contributed by atoms with Gasteiger partial charge in [-0.2, -0.15) is 5.26 Å². The quantitative estimate of drug-likeness (QED) is 0.392. The third-order valence-electron chi connectivity index (χ3n) is 4.02. The topological polar surface area (TPSA) is 154 Å². The number of benzene rings is 3. The average Bonchev–Trinajstić information content (AvgIpc) is 2.74. The van der Waals surface area contributed by atoms with Crippen molar-refractivity contribution in [1.29, 1.82) is 5.26 Å². The molecular weight excluding hydrogens is 422 g/mol. The van der Waals surface area contributed by atoms with Gasteiger partial charge in [0.2, 0.25) is 0 Å². The van der Waals surface area contributed by atoms with E-state index in [9.17, 15) is 23.3 Å². The van der Waals surface area contributed by atoms with Crippen molar-refractivity contribution in [2.45, 2.75) is 4.90 Å². The van der Waals surface area contributed by atoms with Crippen molar-refractivity contribution in [2.24, 2.45) is 0 Å². The molecule has 0 aliphatic heterocycles. The number of hydrogen-bond donors (Lipinski definition) is 3. The van der Waals surface area contributed by atoms with Crippen molar-refractivity contribution in [1.82, 2.24) is 0 Å². The molecule has 0 radical (unpaired) electrons. The number of rotatable bonds is 6. The Morgan fingerprint density at radius 1 is 0.839 bits per heavy atom. The molecule has 3 aromatic rings. The fourth-order valence-corrected chi connectivity index (χ4v) is 3.56. The molecule has 0 heterocycles. The van der Waals surface area contributed by atoms with Crippen molar-refractivity contribution >= 4 is 38.8 Å². The number of nitrogens with one attached hydrogen (secondary N) is 3. The van der Waals surface area contributed by atoms with E-state index in [1.165, 1.54) is 72.8 Å². The van der Waals surface area contributed by atoms with Crippen molar-refractivity contribution < 1.29 is 18.1 Å². The van der Waals surface area contributed by atoms with Gasteiger partial charge >= 0.3 is 6.03 Å². The van der Waals surface area contributed by atoms with E-state index in [1.54, 1.807) is 0 Å². The highest BCUT2D eigenvalue weighted by molar-refractivity contribution is 7.92. The summed E-state index contributed by atoms with van der Waals surface area (Å²) in [7, 11) is -3.85. The first-order chi connectivity index (χ1) is 14.8. The number of non-ortho nitro benzene ring substituents is 1. The van der Waals surface area contributed by atoms with Crippen LogP contribution in [-0.2, 0) is 10.0 Å². The first-order valence-corrected chi connectivity index (χ1v) is 10.2. The van der Waals surface area contributed by atoms with Crippen molar-refractivity contribution in [2.75, 3.05) is 15.4 Å². The highest BCUT2D eigenvalue weighted by Gasteiger charge is 2.14. The van der Waals surface area contributed by atoms with Crippen LogP contribution in [0.3, 0.4) is 0 Å². The van der Waals surface area contributed by atoms with E-state index < -0.39 is 21.0 Å². The predicted octanol–water partition coefficient (Wildman–Crippen LogP) is 3.91. The molecule has 0 aliphatic carbocycles. The van der Waals surface area contributed by atoms with E-state index in [2.05, 4.69) is 15.4 Å². The van der Waals surface area contributed by atoms with Gasteiger partial charge in [-0.1, -0.05) is 0 Å². The number of urea groups is 1. The van der Waals surface area contributed by atoms with Crippen LogP contribution in [0.4, 0.5) is 27.5 Å². The molecule has 156 valence electrons. The van der Waals surface area contributed by atoms with E-state index in [0.29, 0.717) is 22.6 Å². The SMILES string of the molecule is N#Cc1ccc(NS(=O)(=O)c2ccc(NC(=O)Nc3ccc([N+](=O)[O-])cc3)cc2)cc1. The smallest absolute Gasteiger partial charge is 0.308 e. The molecular formula is C20H15N5O5S. The Kier molecular flexibility index (Phi) is 6.13. The normalized spacial score (nSPS) is 10.5. The molecule has 0 atom stereocenters. The van der Waals surface area contributed by atoms with E-state index in [1.807, 2.05) is 6.07 Å². The number of sulfonamides is 1. The number of nitriles is 1. The Morgan fingerprint density at radius 3 is 1.81 bits per heavy atom. The van der Waals surface area contributed by atoms with Crippen molar-refractivity contribution in [3.05, 3.63) is 88.5 Å². The van der Waals surface area contributed by atoms with Crippen molar-refractivity contribution in [3.63, 3.8) is 0 Å². The Morgan fingerprint density at radius 2 is 1.32 bits per heavy atom. The second-order valence-electron chi connectivity index (χ2n) is 6.20. The molecule has 3 rings (SSSR count). The Hall–Kier alpha value is -4.43. The Balaban J connectivity index is 1.62. The third-order valence-corrected chi connectivity index (χ3v) is 5.42. The zero-order valence-electron chi connectivity index (χ0n) is 15.8. The van der Waals surface area contributed by atoms with Crippen LogP contribution in [0.2, 0.25) is 0 Å². The van der Waals surface area contributed by atoms with E-state index >= 15 is 0 Å². The van der Waals surface area contributed by atoms with Crippen LogP contribution in [0, 0.1) is 21.4 Å². The third kappa shape index (κ3) is 5.55. The molecule has 0 spiro atoms. The van der Waals surface area contributed by atoms with Gasteiger partial charge in [0, 0.05) is 29.2 Å². The van der Waals surface area contributed by atoms with Crippen LogP contribution >= 0.6 is 0 Å². The summed E-state index contributed by atoms with van der Waals surface area (Å²) in [6.45, 7) is 0. The minimum Gasteiger partial charge on any atom is -0.308 e. The van der Waals surface area contributed by atoms with Gasteiger partial charge in [0.1, 0.15) is 0 Å². The first kappa shape index (κ1) is 21.3. The standard InChI is InChI=1S/C20H15N5O5S/c21-13-14-1-3-17(4-2-14)24-31(29,30)19-11-7-16(8-12-19)23-20(26)22-15-5-9-18(10-6-15)25(27)28/h1-12,24H,(H2,22,23,26). The van der Waals surface area contributed by atoms with E-state index in [-0.39, 0.29) is 10.6 Å². The molecule has 10 nitrogen and oxygen atoms in total. The van der Waals surface area contributed by atoms with Gasteiger partial charge in [0.15, 0.2) is 0 Å². The summed E-state index contributed by atoms with van der Waals surface area (Å²) in [5.41, 5.74) is 1.32. The monoisotopic (exact) mass is 437 g/mol. The van der Waals surface area contributed by atoms with E-state index in [4.69, 9.17) is 5.26 Å². The molecule has 31 heavy (non-hydrogen) atoms. The summed E-state index contributed by atoms with van der Waals surface area (Å²) in [6, 6.07) is 18.1. The second-order valence-corrected chi connectivity index (χ2v) is 7.88. The van der Waals surface area contributed by atoms with Crippen molar-refractivity contribution in [3.8, 4) is 6.07 Å². The first-order valence-electron chi connectivity index (χ1n) is 8.72. The number of nitro benzene ring substituents is 1. The summed E-state index contributed by atoms with van der Waals surface area (Å²) >= 11 is 0. The van der Waals surface area contributed by atoms with Gasteiger partial charge in [0.25, 0.3) is 15.7 Å². The number of anilines is 3. The maximum absolute atomic E-state index is 12.5. The maximum Gasteiger partial charge on any atom is 0.323 e. The fourth-order valence-electron chi connectivity index (χ4n) is 2.50. The molecule has 3 aromatic carbocycles. The van der Waals surface area contributed by atoms with E-state index in [0.717, 1.165) is 0 Å². The van der Waals surface area contributed by atoms with Crippen LogP contribution in [0.25, 0.3) is 0 Å². The van der Waals surface area contributed by atoms with Gasteiger partial charge in [-0.3, -0.25) is 14.8 Å². The van der Waals surface area contributed by atoms with Gasteiger partial charge < -0.3 is 10.6 Å². The number of amides is 2. The number of hydrogen-bond acceptors (Lipinski definition) is 6. The van der Waals surface area contributed by atoms with Crippen LogP contribution in [0.1, 0.15) is 5.56 Å². The summed E-state index contributed by atoms with van der Waals surface area (Å²) in [5, 5.41) is 24.5. The molecule has 0 saturated heterocycles. The van der Waals surface area contributed by atoms with Crippen LogP contribution in [0.5, 0.6) is 0 Å². The molecule has 3 N–H and O–H groups in total. The van der Waals surface area contributed by atoms with Crippen LogP contribution in [-0.4, -0.2) is 19.4 Å². The minimum absolute atomic E-state index is 0.0156. The highest BCUT2D eigenvalue weighted by atomic mass is 32.2. The lowest BCUT2D eigenvalue weighted by Crippen LogP contribution is -2.19. The summed E-state index contributed by atoms with van der Waals surface area (Å²) < 4.78 is 27.4. The lowest BCUT2D eigenvalue weighted by molar-refractivity contribution is -0.384. The van der Waals surface area contributed by atoms with Gasteiger partial charge in [-0.15, -0.1) is 0 Å². The molecule has 0 aliphatic rings. The predicted molar refractivity (Wildman–Crippen MR) is 114 cm³/mol. The van der Waals surface area contributed by atoms with Gasteiger partial charge in [-0.25, -0.2) is 13.2 Å². The summed E-state index contributed by atoms with van der Waals surface area (Å²) in [6.07, 6.45) is 0. The molecule has 0 saturated carbocycles. The Labute approximate surface area is 177 Å². The second kappa shape index (κ2) is 8.93. The molecule has 0 bridgehead atoms. The molecule has 0 aromatic heterocycles. The average molecular weight is 437 g/mol. The Bertz CT molecular complexity index is 1250. The van der Waals surface area contributed by atoms with Crippen LogP contribution in [0.15, 0.2) is 77.7 Å².